The van der Waals surface area contributed by atoms with Crippen LogP contribution < -0.4 is 16.1 Å². The molecule has 174 valence electrons. The summed E-state index contributed by atoms with van der Waals surface area (Å²) < 4.78 is 4.76. The van der Waals surface area contributed by atoms with E-state index in [0.29, 0.717) is 29.6 Å². The number of nitrogens with zero attached hydrogens (tertiary/aromatic N) is 5. The fourth-order valence-electron chi connectivity index (χ4n) is 4.85. The zero-order chi connectivity index (χ0) is 24.0. The van der Waals surface area contributed by atoms with Crippen molar-refractivity contribution in [3.8, 4) is 0 Å². The molecule has 0 spiro atoms. The van der Waals surface area contributed by atoms with Gasteiger partial charge in [-0.15, -0.1) is 0 Å². The van der Waals surface area contributed by atoms with E-state index in [0.717, 1.165) is 17.8 Å². The van der Waals surface area contributed by atoms with Gasteiger partial charge in [0.25, 0.3) is 5.56 Å². The summed E-state index contributed by atoms with van der Waals surface area (Å²) in [5, 5.41) is 0. The molecule has 1 atom stereocenters. The SMILES string of the molecule is Cc1cc(C)cc(N2C[C@@H](C)Cn3c2nc2c3c(=O)n(C/C=C\c3ccccc3)c(=O)n2C)c1. The number of rotatable bonds is 4. The van der Waals surface area contributed by atoms with Crippen LogP contribution in [0.5, 0.6) is 0 Å². The molecule has 5 rings (SSSR count). The number of anilines is 2. The van der Waals surface area contributed by atoms with Crippen LogP contribution in [-0.4, -0.2) is 25.2 Å². The Labute approximate surface area is 198 Å². The van der Waals surface area contributed by atoms with Gasteiger partial charge in [0, 0.05) is 32.4 Å². The van der Waals surface area contributed by atoms with E-state index in [4.69, 9.17) is 4.98 Å². The Morgan fingerprint density at radius 2 is 1.74 bits per heavy atom. The molecule has 0 N–H and O–H groups in total. The van der Waals surface area contributed by atoms with Crippen molar-refractivity contribution >= 4 is 28.9 Å². The fourth-order valence-corrected chi connectivity index (χ4v) is 4.85. The summed E-state index contributed by atoms with van der Waals surface area (Å²) in [5.41, 5.74) is 4.67. The highest BCUT2D eigenvalue weighted by molar-refractivity contribution is 5.77. The predicted octanol–water partition coefficient (Wildman–Crippen LogP) is 4.01. The molecule has 7 heteroatoms. The molecule has 0 aliphatic carbocycles. The number of imidazole rings is 1. The third kappa shape index (κ3) is 3.77. The monoisotopic (exact) mass is 455 g/mol. The average Bonchev–Trinajstić information content (AvgIpc) is 3.19. The van der Waals surface area contributed by atoms with Crippen LogP contribution in [0.1, 0.15) is 23.6 Å². The van der Waals surface area contributed by atoms with Gasteiger partial charge in [-0.2, -0.15) is 4.98 Å². The molecule has 2 aromatic heterocycles. The molecule has 0 saturated carbocycles. The normalized spacial score (nSPS) is 15.9. The van der Waals surface area contributed by atoms with Crippen molar-refractivity contribution in [2.24, 2.45) is 13.0 Å². The molecule has 0 saturated heterocycles. The van der Waals surface area contributed by atoms with Gasteiger partial charge in [0.05, 0.1) is 0 Å². The van der Waals surface area contributed by atoms with Gasteiger partial charge in [0.2, 0.25) is 5.95 Å². The highest BCUT2D eigenvalue weighted by Gasteiger charge is 2.29. The van der Waals surface area contributed by atoms with Crippen LogP contribution in [0.2, 0.25) is 0 Å². The van der Waals surface area contributed by atoms with Crippen molar-refractivity contribution in [1.29, 1.82) is 0 Å². The van der Waals surface area contributed by atoms with Crippen molar-refractivity contribution in [2.75, 3.05) is 11.4 Å². The number of hydrogen-bond acceptors (Lipinski definition) is 4. The Morgan fingerprint density at radius 3 is 2.44 bits per heavy atom. The maximum atomic E-state index is 13.6. The first-order chi connectivity index (χ1) is 16.3. The van der Waals surface area contributed by atoms with Gasteiger partial charge in [-0.25, -0.2) is 4.79 Å². The van der Waals surface area contributed by atoms with E-state index in [1.807, 2.05) is 47.1 Å². The first-order valence-electron chi connectivity index (χ1n) is 11.6. The zero-order valence-corrected chi connectivity index (χ0v) is 20.0. The second-order valence-electron chi connectivity index (χ2n) is 9.33. The molecule has 0 bridgehead atoms. The summed E-state index contributed by atoms with van der Waals surface area (Å²) in [7, 11) is 1.69. The molecular formula is C27H29N5O2. The van der Waals surface area contributed by atoms with Crippen molar-refractivity contribution in [3.05, 3.63) is 92.1 Å². The number of aromatic nitrogens is 4. The summed E-state index contributed by atoms with van der Waals surface area (Å²) in [6.07, 6.45) is 3.77. The Kier molecular flexibility index (Phi) is 5.48. The van der Waals surface area contributed by atoms with E-state index in [9.17, 15) is 9.59 Å². The first-order valence-corrected chi connectivity index (χ1v) is 11.6. The maximum Gasteiger partial charge on any atom is 0.332 e. The van der Waals surface area contributed by atoms with Gasteiger partial charge in [-0.3, -0.25) is 13.9 Å². The lowest BCUT2D eigenvalue weighted by atomic mass is 10.1. The van der Waals surface area contributed by atoms with Crippen LogP contribution in [0.4, 0.5) is 11.6 Å². The lowest BCUT2D eigenvalue weighted by Gasteiger charge is -2.33. The minimum absolute atomic E-state index is 0.202. The highest BCUT2D eigenvalue weighted by Crippen LogP contribution is 2.33. The maximum absolute atomic E-state index is 13.6. The Hall–Kier alpha value is -3.87. The van der Waals surface area contributed by atoms with Crippen LogP contribution in [0, 0.1) is 19.8 Å². The van der Waals surface area contributed by atoms with E-state index in [2.05, 4.69) is 43.9 Å². The van der Waals surface area contributed by atoms with Crippen molar-refractivity contribution < 1.29 is 0 Å². The fraction of sp³-hybridized carbons (Fsp3) is 0.296. The van der Waals surface area contributed by atoms with Crippen LogP contribution >= 0.6 is 0 Å². The minimum Gasteiger partial charge on any atom is -0.312 e. The number of allylic oxidation sites excluding steroid dienone is 1. The lowest BCUT2D eigenvalue weighted by Crippen LogP contribution is -2.40. The van der Waals surface area contributed by atoms with E-state index < -0.39 is 0 Å². The molecule has 7 nitrogen and oxygen atoms in total. The molecule has 0 amide bonds. The van der Waals surface area contributed by atoms with E-state index in [-0.39, 0.29) is 17.8 Å². The molecule has 34 heavy (non-hydrogen) atoms. The molecule has 3 heterocycles. The van der Waals surface area contributed by atoms with Crippen molar-refractivity contribution in [3.63, 3.8) is 0 Å². The second-order valence-corrected chi connectivity index (χ2v) is 9.33. The quantitative estimate of drug-likeness (QED) is 0.466. The third-order valence-electron chi connectivity index (χ3n) is 6.36. The number of hydrogen-bond donors (Lipinski definition) is 0. The van der Waals surface area contributed by atoms with E-state index in [1.54, 1.807) is 7.05 Å². The van der Waals surface area contributed by atoms with Gasteiger partial charge in [-0.05, 0) is 48.6 Å². The van der Waals surface area contributed by atoms with E-state index >= 15 is 0 Å². The largest absolute Gasteiger partial charge is 0.332 e. The van der Waals surface area contributed by atoms with Crippen LogP contribution in [-0.2, 0) is 20.1 Å². The number of fused-ring (bicyclic) bond motifs is 3. The Balaban J connectivity index is 1.64. The first kappa shape index (κ1) is 21.9. The lowest BCUT2D eigenvalue weighted by molar-refractivity contribution is 0.458. The predicted molar refractivity (Wildman–Crippen MR) is 137 cm³/mol. The van der Waals surface area contributed by atoms with Gasteiger partial charge in [0.15, 0.2) is 11.2 Å². The Morgan fingerprint density at radius 1 is 1.03 bits per heavy atom. The average molecular weight is 456 g/mol. The Bertz CT molecular complexity index is 1500. The van der Waals surface area contributed by atoms with Gasteiger partial charge < -0.3 is 9.47 Å². The topological polar surface area (TPSA) is 65.1 Å². The number of aryl methyl sites for hydroxylation is 3. The van der Waals surface area contributed by atoms with E-state index in [1.165, 1.54) is 20.3 Å². The summed E-state index contributed by atoms with van der Waals surface area (Å²) >= 11 is 0. The summed E-state index contributed by atoms with van der Waals surface area (Å²) in [5.74, 6) is 1.02. The molecule has 4 aromatic rings. The molecule has 1 aliphatic rings. The van der Waals surface area contributed by atoms with Crippen LogP contribution in [0.15, 0.2) is 64.2 Å². The zero-order valence-electron chi connectivity index (χ0n) is 20.0. The molecular weight excluding hydrogens is 426 g/mol. The molecule has 0 unspecified atom stereocenters. The van der Waals surface area contributed by atoms with Crippen molar-refractivity contribution in [2.45, 2.75) is 33.9 Å². The summed E-state index contributed by atoms with van der Waals surface area (Å²) in [4.78, 5) is 33.6. The number of benzene rings is 2. The van der Waals surface area contributed by atoms with Gasteiger partial charge in [0.1, 0.15) is 0 Å². The molecule has 0 radical (unpaired) electrons. The smallest absolute Gasteiger partial charge is 0.312 e. The highest BCUT2D eigenvalue weighted by atomic mass is 16.2. The van der Waals surface area contributed by atoms with Crippen molar-refractivity contribution in [1.82, 2.24) is 18.7 Å². The van der Waals surface area contributed by atoms with Crippen LogP contribution in [0.3, 0.4) is 0 Å². The summed E-state index contributed by atoms with van der Waals surface area (Å²) in [6.45, 7) is 8.02. The minimum atomic E-state index is -0.364. The summed E-state index contributed by atoms with van der Waals surface area (Å²) in [6, 6.07) is 16.3. The molecule has 2 aromatic carbocycles. The van der Waals surface area contributed by atoms with Crippen LogP contribution in [0.25, 0.3) is 17.2 Å². The van der Waals surface area contributed by atoms with Gasteiger partial charge >= 0.3 is 5.69 Å². The molecule has 1 aliphatic heterocycles. The third-order valence-corrected chi connectivity index (χ3v) is 6.36. The second kappa shape index (κ2) is 8.48. The standard InChI is InChI=1S/C27H29N5O2/c1-18-13-19(2)15-22(14-18)31-16-20(3)17-32-23-24(28-26(31)32)29(4)27(34)30(25(23)33)12-8-11-21-9-6-5-7-10-21/h5-11,13-15,20H,12,16-17H2,1-4H3/b11-8-/t20-/m1/s1. The molecule has 0 fully saturated rings. The van der Waals surface area contributed by atoms with Gasteiger partial charge in [-0.1, -0.05) is 55.5 Å².